The van der Waals surface area contributed by atoms with Crippen molar-refractivity contribution in [2.24, 2.45) is 0 Å². The van der Waals surface area contributed by atoms with Crippen LogP contribution >= 0.6 is 0 Å². The van der Waals surface area contributed by atoms with Gasteiger partial charge in [-0.15, -0.1) is 0 Å². The monoisotopic (exact) mass is 351 g/mol. The third-order valence-electron chi connectivity index (χ3n) is 5.04. The fourth-order valence-electron chi connectivity index (χ4n) is 2.99. The highest BCUT2D eigenvalue weighted by Gasteiger charge is 2.21. The molecule has 142 valence electrons. The molecule has 0 aromatic heterocycles. The molecule has 0 bridgehead atoms. The first-order valence-corrected chi connectivity index (χ1v) is 9.72. The summed E-state index contributed by atoms with van der Waals surface area (Å²) in [6.07, 6.45) is 0. The summed E-state index contributed by atoms with van der Waals surface area (Å²) in [6, 6.07) is 13.7. The van der Waals surface area contributed by atoms with Crippen LogP contribution in [0.15, 0.2) is 36.4 Å². The summed E-state index contributed by atoms with van der Waals surface area (Å²) in [5.74, 6) is 0. The molecule has 0 aliphatic rings. The molecule has 1 N–H and O–H groups in total. The Bertz CT molecular complexity index is 745. The highest BCUT2D eigenvalue weighted by Crippen LogP contribution is 2.34. The normalized spacial score (nSPS) is 13.0. The molecular weight excluding hydrogens is 314 g/mol. The highest BCUT2D eigenvalue weighted by molar-refractivity contribution is 5.65. The van der Waals surface area contributed by atoms with Gasteiger partial charge in [0.05, 0.1) is 0 Å². The van der Waals surface area contributed by atoms with Crippen LogP contribution in [0.4, 0.5) is 11.4 Å². The van der Waals surface area contributed by atoms with Crippen LogP contribution in [0, 0.1) is 6.92 Å². The molecule has 0 fully saturated rings. The molecule has 0 saturated carbocycles. The zero-order chi connectivity index (χ0) is 19.9. The minimum absolute atomic E-state index is 0.128. The molecule has 2 rings (SSSR count). The Hall–Kier alpha value is -1.76. The molecular formula is C25H37N. The maximum absolute atomic E-state index is 3.68. The highest BCUT2D eigenvalue weighted by atomic mass is 14.9. The lowest BCUT2D eigenvalue weighted by Crippen LogP contribution is -2.17. The van der Waals surface area contributed by atoms with Crippen molar-refractivity contribution in [1.82, 2.24) is 0 Å². The molecule has 1 nitrogen and oxygen atoms in total. The molecule has 26 heavy (non-hydrogen) atoms. The van der Waals surface area contributed by atoms with Crippen LogP contribution in [-0.2, 0) is 16.2 Å². The zero-order valence-electron chi connectivity index (χ0n) is 18.5. The van der Waals surface area contributed by atoms with E-state index in [9.17, 15) is 0 Å². The van der Waals surface area contributed by atoms with Gasteiger partial charge in [0.2, 0.25) is 0 Å². The van der Waals surface area contributed by atoms with Crippen molar-refractivity contribution < 1.29 is 0 Å². The largest absolute Gasteiger partial charge is 0.355 e. The Morgan fingerprint density at radius 3 is 1.42 bits per heavy atom. The van der Waals surface area contributed by atoms with E-state index in [1.165, 1.54) is 33.6 Å². The molecule has 0 spiro atoms. The van der Waals surface area contributed by atoms with E-state index in [2.05, 4.69) is 111 Å². The van der Waals surface area contributed by atoms with Crippen molar-refractivity contribution in [2.45, 2.75) is 85.5 Å². The summed E-state index contributed by atoms with van der Waals surface area (Å²) in [6.45, 7) is 22.7. The van der Waals surface area contributed by atoms with Crippen LogP contribution in [0.3, 0.4) is 0 Å². The first-order chi connectivity index (χ1) is 11.7. The quantitative estimate of drug-likeness (QED) is 0.586. The van der Waals surface area contributed by atoms with Gasteiger partial charge < -0.3 is 5.32 Å². The van der Waals surface area contributed by atoms with E-state index in [1.54, 1.807) is 0 Å². The van der Waals surface area contributed by atoms with Crippen molar-refractivity contribution in [3.05, 3.63) is 58.7 Å². The van der Waals surface area contributed by atoms with Crippen molar-refractivity contribution >= 4 is 11.4 Å². The molecule has 0 radical (unpaired) electrons. The number of benzene rings is 2. The average molecular weight is 352 g/mol. The van der Waals surface area contributed by atoms with Crippen molar-refractivity contribution in [3.63, 3.8) is 0 Å². The second-order valence-electron chi connectivity index (χ2n) is 10.7. The minimum Gasteiger partial charge on any atom is -0.355 e. The van der Waals surface area contributed by atoms with E-state index in [0.717, 1.165) is 0 Å². The fourth-order valence-corrected chi connectivity index (χ4v) is 2.99. The van der Waals surface area contributed by atoms with Crippen molar-refractivity contribution in [2.75, 3.05) is 5.32 Å². The van der Waals surface area contributed by atoms with Gasteiger partial charge in [0.15, 0.2) is 0 Å². The maximum Gasteiger partial charge on any atom is 0.0414 e. The molecule has 0 amide bonds. The number of aryl methyl sites for hydroxylation is 1. The van der Waals surface area contributed by atoms with Crippen molar-refractivity contribution in [1.29, 1.82) is 0 Å². The average Bonchev–Trinajstić information content (AvgIpc) is 2.46. The van der Waals surface area contributed by atoms with Crippen LogP contribution in [0.2, 0.25) is 0 Å². The van der Waals surface area contributed by atoms with Crippen LogP contribution in [-0.4, -0.2) is 0 Å². The zero-order valence-corrected chi connectivity index (χ0v) is 18.5. The van der Waals surface area contributed by atoms with E-state index in [1.807, 2.05) is 0 Å². The summed E-state index contributed by atoms with van der Waals surface area (Å²) in [4.78, 5) is 0. The predicted molar refractivity (Wildman–Crippen MR) is 117 cm³/mol. The van der Waals surface area contributed by atoms with Crippen LogP contribution < -0.4 is 5.32 Å². The molecule has 1 heteroatoms. The van der Waals surface area contributed by atoms with E-state index >= 15 is 0 Å². The summed E-state index contributed by atoms with van der Waals surface area (Å²) < 4.78 is 0. The van der Waals surface area contributed by atoms with Crippen LogP contribution in [0.5, 0.6) is 0 Å². The number of nitrogens with one attached hydrogen (secondary N) is 1. The Kier molecular flexibility index (Phi) is 5.34. The third kappa shape index (κ3) is 4.90. The molecule has 0 heterocycles. The first-order valence-electron chi connectivity index (χ1n) is 9.72. The molecule has 2 aromatic carbocycles. The van der Waals surface area contributed by atoms with E-state index in [-0.39, 0.29) is 16.2 Å². The van der Waals surface area contributed by atoms with Crippen molar-refractivity contribution in [3.8, 4) is 0 Å². The molecule has 0 atom stereocenters. The molecule has 0 aliphatic carbocycles. The van der Waals surface area contributed by atoms with Crippen LogP contribution in [0.1, 0.15) is 84.6 Å². The van der Waals surface area contributed by atoms with Crippen LogP contribution in [0.25, 0.3) is 0 Å². The Morgan fingerprint density at radius 1 is 0.577 bits per heavy atom. The van der Waals surface area contributed by atoms with Gasteiger partial charge in [0, 0.05) is 11.4 Å². The summed E-state index contributed by atoms with van der Waals surface area (Å²) in [7, 11) is 0. The number of hydrogen-bond acceptors (Lipinski definition) is 1. The standard InChI is InChI=1S/C25H37N/c1-17-13-18(23(2,3)4)11-12-22(17)26-21-15-19(24(5,6)7)14-20(16-21)25(8,9)10/h11-16,26H,1-10H3. The van der Waals surface area contributed by atoms with E-state index in [4.69, 9.17) is 0 Å². The predicted octanol–water partition coefficient (Wildman–Crippen LogP) is 7.63. The van der Waals surface area contributed by atoms with Gasteiger partial charge in [-0.3, -0.25) is 0 Å². The van der Waals surface area contributed by atoms with Gasteiger partial charge in [-0.05, 0) is 63.6 Å². The van der Waals surface area contributed by atoms with E-state index in [0.29, 0.717) is 0 Å². The summed E-state index contributed by atoms with van der Waals surface area (Å²) in [5.41, 5.74) is 8.20. The number of anilines is 2. The van der Waals surface area contributed by atoms with Gasteiger partial charge in [-0.2, -0.15) is 0 Å². The molecule has 0 saturated heterocycles. The summed E-state index contributed by atoms with van der Waals surface area (Å²) >= 11 is 0. The third-order valence-corrected chi connectivity index (χ3v) is 5.04. The SMILES string of the molecule is Cc1cc(C(C)(C)C)ccc1Nc1cc(C(C)(C)C)cc(C(C)(C)C)c1. The summed E-state index contributed by atoms with van der Waals surface area (Å²) in [5, 5.41) is 3.68. The number of hydrogen-bond donors (Lipinski definition) is 1. The Labute approximate surface area is 161 Å². The molecule has 0 aliphatic heterocycles. The van der Waals surface area contributed by atoms with E-state index < -0.39 is 0 Å². The van der Waals surface area contributed by atoms with Gasteiger partial charge >= 0.3 is 0 Å². The molecule has 2 aromatic rings. The molecule has 0 unspecified atom stereocenters. The number of rotatable bonds is 2. The fraction of sp³-hybridized carbons (Fsp3) is 0.520. The lowest BCUT2D eigenvalue weighted by molar-refractivity contribution is 0.569. The van der Waals surface area contributed by atoms with Gasteiger partial charge in [0.25, 0.3) is 0 Å². The Morgan fingerprint density at radius 2 is 1.04 bits per heavy atom. The second-order valence-corrected chi connectivity index (χ2v) is 10.7. The lowest BCUT2D eigenvalue weighted by Gasteiger charge is -2.27. The maximum atomic E-state index is 3.68. The smallest absolute Gasteiger partial charge is 0.0414 e. The Balaban J connectivity index is 2.46. The topological polar surface area (TPSA) is 12.0 Å². The van der Waals surface area contributed by atoms with Gasteiger partial charge in [0.1, 0.15) is 0 Å². The minimum atomic E-state index is 0.128. The second kappa shape index (κ2) is 6.76. The lowest BCUT2D eigenvalue weighted by atomic mass is 9.80. The van der Waals surface area contributed by atoms with Gasteiger partial charge in [-0.1, -0.05) is 80.5 Å². The van der Waals surface area contributed by atoms with Gasteiger partial charge in [-0.25, -0.2) is 0 Å². The first kappa shape index (κ1) is 20.6.